The second kappa shape index (κ2) is 3.37. The van der Waals surface area contributed by atoms with Crippen LogP contribution in [-0.2, 0) is 0 Å². The maximum Gasteiger partial charge on any atom is 0.235 e. The second-order valence-electron chi connectivity index (χ2n) is 4.88. The van der Waals surface area contributed by atoms with E-state index in [0.717, 1.165) is 17.7 Å². The minimum atomic E-state index is -0.162. The van der Waals surface area contributed by atoms with Crippen LogP contribution in [0, 0.1) is 5.92 Å². The molecule has 1 aliphatic rings. The first-order valence-corrected chi connectivity index (χ1v) is 5.44. The first-order valence-electron chi connectivity index (χ1n) is 5.44. The van der Waals surface area contributed by atoms with Crippen LogP contribution in [0.2, 0.25) is 0 Å². The lowest BCUT2D eigenvalue weighted by molar-refractivity contribution is -0.820. The molecule has 1 aromatic carbocycles. The lowest BCUT2D eigenvalue weighted by Crippen LogP contribution is -2.36. The Balaban J connectivity index is 2.44. The van der Waals surface area contributed by atoms with E-state index in [1.165, 1.54) is 4.74 Å². The van der Waals surface area contributed by atoms with E-state index >= 15 is 0 Å². The summed E-state index contributed by atoms with van der Waals surface area (Å²) in [5.74, 6) is 0.470. The van der Waals surface area contributed by atoms with E-state index < -0.39 is 0 Å². The molecule has 15 heavy (non-hydrogen) atoms. The summed E-state index contributed by atoms with van der Waals surface area (Å²) in [5, 5.41) is 10.1. The molecule has 0 spiro atoms. The molecule has 2 nitrogen and oxygen atoms in total. The summed E-state index contributed by atoms with van der Waals surface area (Å²) in [4.78, 5) is 0. The zero-order valence-electron chi connectivity index (χ0n) is 9.57. The van der Waals surface area contributed by atoms with Gasteiger partial charge in [-0.05, 0) is 16.9 Å². The van der Waals surface area contributed by atoms with Gasteiger partial charge in [-0.3, -0.25) is 5.21 Å². The van der Waals surface area contributed by atoms with Crippen LogP contribution in [0.1, 0.15) is 32.8 Å². The first-order chi connectivity index (χ1) is 7.03. The van der Waals surface area contributed by atoms with Gasteiger partial charge >= 0.3 is 0 Å². The van der Waals surface area contributed by atoms with E-state index in [1.54, 1.807) is 0 Å². The van der Waals surface area contributed by atoms with Crippen molar-refractivity contribution in [2.75, 3.05) is 0 Å². The van der Waals surface area contributed by atoms with Gasteiger partial charge in [-0.15, -0.1) is 0 Å². The van der Waals surface area contributed by atoms with Crippen LogP contribution < -0.4 is 0 Å². The van der Waals surface area contributed by atoms with E-state index in [9.17, 15) is 5.21 Å². The zero-order valence-corrected chi connectivity index (χ0v) is 9.57. The molecule has 0 aromatic heterocycles. The smallest absolute Gasteiger partial charge is 0.235 e. The number of benzene rings is 1. The van der Waals surface area contributed by atoms with Gasteiger partial charge in [-0.1, -0.05) is 25.1 Å². The maximum atomic E-state index is 10.1. The number of hydroxylamine groups is 1. The van der Waals surface area contributed by atoms with Crippen molar-refractivity contribution in [3.8, 4) is 0 Å². The van der Waals surface area contributed by atoms with Gasteiger partial charge in [0.1, 0.15) is 0 Å². The third-order valence-electron chi connectivity index (χ3n) is 3.61. The maximum absolute atomic E-state index is 10.1. The molecule has 1 atom stereocenters. The Labute approximate surface area is 90.8 Å². The van der Waals surface area contributed by atoms with Crippen molar-refractivity contribution >= 4 is 5.71 Å². The molecule has 0 fully saturated rings. The average molecular weight is 204 g/mol. The number of rotatable bonds is 1. The summed E-state index contributed by atoms with van der Waals surface area (Å²) in [6, 6.07) is 10.1. The monoisotopic (exact) mass is 204 g/mol. The number of hydrogen-bond donors (Lipinski definition) is 1. The van der Waals surface area contributed by atoms with Crippen LogP contribution in [0.15, 0.2) is 30.3 Å². The highest BCUT2D eigenvalue weighted by Crippen LogP contribution is 2.31. The quantitative estimate of drug-likeness (QED) is 0.551. The molecule has 80 valence electrons. The highest BCUT2D eigenvalue weighted by atomic mass is 16.5. The standard InChI is InChI=1S/C13H18NO/c1-10-9-12(14(15)13(10,2)3)11-7-5-4-6-8-11/h4-8,10,15H,9H2,1-3H3/q+1. The minimum Gasteiger partial charge on any atom is -0.290 e. The fourth-order valence-electron chi connectivity index (χ4n) is 2.05. The summed E-state index contributed by atoms with van der Waals surface area (Å²) in [5.41, 5.74) is 2.00. The molecule has 2 rings (SSSR count). The molecule has 1 aromatic rings. The van der Waals surface area contributed by atoms with Crippen LogP contribution in [0.5, 0.6) is 0 Å². The van der Waals surface area contributed by atoms with Gasteiger partial charge in [0.15, 0.2) is 0 Å². The Morgan fingerprint density at radius 3 is 2.33 bits per heavy atom. The molecule has 1 heterocycles. The van der Waals surface area contributed by atoms with Gasteiger partial charge < -0.3 is 0 Å². The highest BCUT2D eigenvalue weighted by Gasteiger charge is 2.48. The molecule has 1 aliphatic heterocycles. The summed E-state index contributed by atoms with van der Waals surface area (Å²) >= 11 is 0. The second-order valence-corrected chi connectivity index (χ2v) is 4.88. The van der Waals surface area contributed by atoms with E-state index in [4.69, 9.17) is 0 Å². The Morgan fingerprint density at radius 1 is 1.27 bits per heavy atom. The Bertz CT molecular complexity index is 392. The molecule has 0 bridgehead atoms. The van der Waals surface area contributed by atoms with Gasteiger partial charge in [0.05, 0.1) is 0 Å². The fraction of sp³-hybridized carbons (Fsp3) is 0.462. The van der Waals surface area contributed by atoms with Crippen molar-refractivity contribution in [1.82, 2.24) is 0 Å². The van der Waals surface area contributed by atoms with Gasteiger partial charge in [-0.25, -0.2) is 0 Å². The van der Waals surface area contributed by atoms with Gasteiger partial charge in [0.2, 0.25) is 11.3 Å². The van der Waals surface area contributed by atoms with Crippen LogP contribution in [0.3, 0.4) is 0 Å². The van der Waals surface area contributed by atoms with Crippen molar-refractivity contribution in [2.45, 2.75) is 32.7 Å². The highest BCUT2D eigenvalue weighted by molar-refractivity contribution is 5.97. The van der Waals surface area contributed by atoms with Crippen molar-refractivity contribution < 1.29 is 9.95 Å². The third-order valence-corrected chi connectivity index (χ3v) is 3.61. The van der Waals surface area contributed by atoms with E-state index in [1.807, 2.05) is 30.3 Å². The molecule has 2 heteroatoms. The van der Waals surface area contributed by atoms with Gasteiger partial charge in [0, 0.05) is 31.7 Å². The van der Waals surface area contributed by atoms with E-state index in [-0.39, 0.29) is 5.54 Å². The first kappa shape index (κ1) is 10.2. The molecule has 0 saturated heterocycles. The predicted molar refractivity (Wildman–Crippen MR) is 60.5 cm³/mol. The molecular weight excluding hydrogens is 186 g/mol. The van der Waals surface area contributed by atoms with E-state index in [0.29, 0.717) is 5.92 Å². The normalized spacial score (nSPS) is 24.6. The summed E-state index contributed by atoms with van der Waals surface area (Å²) in [7, 11) is 0. The summed E-state index contributed by atoms with van der Waals surface area (Å²) < 4.78 is 1.44. The molecule has 0 aliphatic carbocycles. The third kappa shape index (κ3) is 1.54. The molecule has 0 radical (unpaired) electrons. The fourth-order valence-corrected chi connectivity index (χ4v) is 2.05. The predicted octanol–water partition coefficient (Wildman–Crippen LogP) is 2.70. The lowest BCUT2D eigenvalue weighted by Gasteiger charge is -2.15. The Morgan fingerprint density at radius 2 is 1.87 bits per heavy atom. The molecule has 1 unspecified atom stereocenters. The van der Waals surface area contributed by atoms with E-state index in [2.05, 4.69) is 20.8 Å². The van der Waals surface area contributed by atoms with Crippen molar-refractivity contribution in [3.63, 3.8) is 0 Å². The average Bonchev–Trinajstić information content (AvgIpc) is 2.44. The summed E-state index contributed by atoms with van der Waals surface area (Å²) in [6.07, 6.45) is 0.938. The molecule has 1 N–H and O–H groups in total. The van der Waals surface area contributed by atoms with Crippen molar-refractivity contribution in [2.24, 2.45) is 5.92 Å². The van der Waals surface area contributed by atoms with Crippen LogP contribution in [-0.4, -0.2) is 21.2 Å². The zero-order chi connectivity index (χ0) is 11.1. The van der Waals surface area contributed by atoms with Crippen LogP contribution in [0.4, 0.5) is 0 Å². The largest absolute Gasteiger partial charge is 0.290 e. The Kier molecular flexibility index (Phi) is 2.29. The minimum absolute atomic E-state index is 0.162. The summed E-state index contributed by atoms with van der Waals surface area (Å²) in [6.45, 7) is 6.33. The number of hydrogen-bond acceptors (Lipinski definition) is 1. The number of nitrogens with zero attached hydrogens (tertiary/aromatic N) is 1. The van der Waals surface area contributed by atoms with Crippen LogP contribution in [0.25, 0.3) is 0 Å². The van der Waals surface area contributed by atoms with Crippen LogP contribution >= 0.6 is 0 Å². The molecule has 0 saturated carbocycles. The SMILES string of the molecule is CC1CC(c2ccccc2)=[N+](O)C1(C)C. The van der Waals surface area contributed by atoms with Crippen molar-refractivity contribution in [1.29, 1.82) is 0 Å². The Hall–Kier alpha value is -1.31. The van der Waals surface area contributed by atoms with Gasteiger partial charge in [-0.2, -0.15) is 0 Å². The molecular formula is C13H18NO+. The lowest BCUT2D eigenvalue weighted by atomic mass is 9.89. The van der Waals surface area contributed by atoms with Gasteiger partial charge in [0.25, 0.3) is 0 Å². The molecule has 0 amide bonds. The topological polar surface area (TPSA) is 23.2 Å². The van der Waals surface area contributed by atoms with Crippen molar-refractivity contribution in [3.05, 3.63) is 35.9 Å².